The minimum absolute atomic E-state index is 0.00434. The summed E-state index contributed by atoms with van der Waals surface area (Å²) in [6, 6.07) is 9.99. The van der Waals surface area contributed by atoms with Gasteiger partial charge in [0, 0.05) is 30.7 Å². The Kier molecular flexibility index (Phi) is 6.03. The summed E-state index contributed by atoms with van der Waals surface area (Å²) < 4.78 is 36.2. The van der Waals surface area contributed by atoms with E-state index in [1.807, 2.05) is 6.07 Å². The molecule has 0 aliphatic heterocycles. The number of nitrogens with zero attached hydrogens (tertiary/aromatic N) is 1. The molecule has 1 aliphatic rings. The topological polar surface area (TPSA) is 106 Å². The zero-order valence-electron chi connectivity index (χ0n) is 17.9. The fourth-order valence-corrected chi connectivity index (χ4v) is 4.73. The maximum atomic E-state index is 12.3. The highest BCUT2D eigenvalue weighted by Crippen LogP contribution is 2.30. The standard InChI is InChI=1S/C23H24N2O6S/c1-25(2)32(28,29)19-8-4-7-18(12-19)24-22(26)14-31-23(27)11-17-13-30-21-10-16-6-3-5-15(16)9-20(17)21/h4,7-10,12-13H,3,5-6,11,14H2,1-2H3,(H,24,26). The van der Waals surface area contributed by atoms with Crippen LogP contribution in [0.4, 0.5) is 5.69 Å². The number of nitrogens with one attached hydrogen (secondary N) is 1. The molecular weight excluding hydrogens is 432 g/mol. The lowest BCUT2D eigenvalue weighted by atomic mass is 10.0. The van der Waals surface area contributed by atoms with Gasteiger partial charge >= 0.3 is 5.97 Å². The van der Waals surface area contributed by atoms with Gasteiger partial charge in [-0.05, 0) is 60.7 Å². The van der Waals surface area contributed by atoms with E-state index < -0.39 is 28.5 Å². The van der Waals surface area contributed by atoms with Crippen LogP contribution in [0.25, 0.3) is 11.0 Å². The molecule has 0 fully saturated rings. The fraction of sp³-hybridized carbons (Fsp3) is 0.304. The largest absolute Gasteiger partial charge is 0.464 e. The number of aryl methyl sites for hydroxylation is 2. The van der Waals surface area contributed by atoms with E-state index in [9.17, 15) is 18.0 Å². The van der Waals surface area contributed by atoms with Crippen LogP contribution in [0, 0.1) is 0 Å². The third kappa shape index (κ3) is 4.53. The van der Waals surface area contributed by atoms with Gasteiger partial charge in [-0.15, -0.1) is 0 Å². The number of furan rings is 1. The van der Waals surface area contributed by atoms with Crippen LogP contribution in [-0.4, -0.2) is 45.3 Å². The van der Waals surface area contributed by atoms with Crippen molar-refractivity contribution in [3.05, 3.63) is 59.4 Å². The molecule has 2 aromatic carbocycles. The monoisotopic (exact) mass is 456 g/mol. The van der Waals surface area contributed by atoms with Crippen LogP contribution in [-0.2, 0) is 43.6 Å². The Morgan fingerprint density at radius 3 is 2.62 bits per heavy atom. The number of benzene rings is 2. The predicted octanol–water partition coefficient (Wildman–Crippen LogP) is 2.90. The minimum Gasteiger partial charge on any atom is -0.464 e. The van der Waals surface area contributed by atoms with Gasteiger partial charge in [-0.1, -0.05) is 6.07 Å². The van der Waals surface area contributed by atoms with E-state index in [0.29, 0.717) is 5.69 Å². The molecule has 9 heteroatoms. The van der Waals surface area contributed by atoms with Gasteiger partial charge in [-0.25, -0.2) is 12.7 Å². The van der Waals surface area contributed by atoms with Crippen LogP contribution in [0.5, 0.6) is 0 Å². The number of anilines is 1. The lowest BCUT2D eigenvalue weighted by molar-refractivity contribution is -0.146. The van der Waals surface area contributed by atoms with Crippen LogP contribution in [0.3, 0.4) is 0 Å². The van der Waals surface area contributed by atoms with Crippen LogP contribution in [0.1, 0.15) is 23.1 Å². The average Bonchev–Trinajstić information content (AvgIpc) is 3.37. The summed E-state index contributed by atoms with van der Waals surface area (Å²) in [6.07, 6.45) is 4.74. The molecule has 4 rings (SSSR count). The van der Waals surface area contributed by atoms with Crippen molar-refractivity contribution in [1.29, 1.82) is 0 Å². The number of sulfonamides is 1. The third-order valence-electron chi connectivity index (χ3n) is 5.46. The highest BCUT2D eigenvalue weighted by molar-refractivity contribution is 7.89. The first-order chi connectivity index (χ1) is 15.2. The Hall–Kier alpha value is -3.17. The fourth-order valence-electron chi connectivity index (χ4n) is 3.78. The number of carbonyl (C=O) groups is 2. The molecule has 168 valence electrons. The summed E-state index contributed by atoms with van der Waals surface area (Å²) in [5, 5.41) is 3.44. The lowest BCUT2D eigenvalue weighted by Crippen LogP contribution is -2.23. The molecule has 1 aromatic heterocycles. The van der Waals surface area contributed by atoms with E-state index in [2.05, 4.69) is 11.4 Å². The van der Waals surface area contributed by atoms with Gasteiger partial charge in [0.2, 0.25) is 10.0 Å². The Balaban J connectivity index is 1.35. The van der Waals surface area contributed by atoms with E-state index in [1.54, 1.807) is 12.3 Å². The molecule has 3 aromatic rings. The zero-order chi connectivity index (χ0) is 22.9. The first kappa shape index (κ1) is 22.0. The van der Waals surface area contributed by atoms with Crippen molar-refractivity contribution < 1.29 is 27.2 Å². The molecule has 0 unspecified atom stereocenters. The SMILES string of the molecule is CN(C)S(=O)(=O)c1cccc(NC(=O)COC(=O)Cc2coc3cc4c(cc23)CCC4)c1. The van der Waals surface area contributed by atoms with E-state index in [1.165, 1.54) is 43.4 Å². The van der Waals surface area contributed by atoms with Crippen molar-refractivity contribution in [1.82, 2.24) is 4.31 Å². The third-order valence-corrected chi connectivity index (χ3v) is 7.27. The summed E-state index contributed by atoms with van der Waals surface area (Å²) in [5.41, 5.74) is 4.34. The van der Waals surface area contributed by atoms with Gasteiger partial charge in [0.05, 0.1) is 17.6 Å². The highest BCUT2D eigenvalue weighted by Gasteiger charge is 2.19. The van der Waals surface area contributed by atoms with Gasteiger partial charge < -0.3 is 14.5 Å². The zero-order valence-corrected chi connectivity index (χ0v) is 18.7. The van der Waals surface area contributed by atoms with Gasteiger partial charge in [-0.2, -0.15) is 0 Å². The number of amides is 1. The molecule has 32 heavy (non-hydrogen) atoms. The number of carbonyl (C=O) groups excluding carboxylic acids is 2. The normalized spacial score (nSPS) is 13.3. The maximum Gasteiger partial charge on any atom is 0.310 e. The van der Waals surface area contributed by atoms with Crippen molar-refractivity contribution in [3.63, 3.8) is 0 Å². The van der Waals surface area contributed by atoms with Crippen molar-refractivity contribution in [2.24, 2.45) is 0 Å². The average molecular weight is 457 g/mol. The Labute approximate surface area is 186 Å². The first-order valence-corrected chi connectivity index (χ1v) is 11.7. The van der Waals surface area contributed by atoms with E-state index >= 15 is 0 Å². The highest BCUT2D eigenvalue weighted by atomic mass is 32.2. The summed E-state index contributed by atoms with van der Waals surface area (Å²) >= 11 is 0. The Morgan fingerprint density at radius 2 is 1.88 bits per heavy atom. The molecule has 0 saturated heterocycles. The summed E-state index contributed by atoms with van der Waals surface area (Å²) in [6.45, 7) is -0.478. The predicted molar refractivity (Wildman–Crippen MR) is 119 cm³/mol. The molecule has 1 amide bonds. The molecule has 0 radical (unpaired) electrons. The van der Waals surface area contributed by atoms with Crippen molar-refractivity contribution in [2.45, 2.75) is 30.6 Å². The molecule has 0 saturated carbocycles. The van der Waals surface area contributed by atoms with Gasteiger partial charge in [-0.3, -0.25) is 9.59 Å². The molecule has 1 N–H and O–H groups in total. The van der Waals surface area contributed by atoms with Crippen molar-refractivity contribution >= 4 is 38.6 Å². The minimum atomic E-state index is -3.62. The molecule has 1 aliphatic carbocycles. The molecule has 1 heterocycles. The van der Waals surface area contributed by atoms with Crippen LogP contribution in [0.2, 0.25) is 0 Å². The van der Waals surface area contributed by atoms with Gasteiger partial charge in [0.15, 0.2) is 6.61 Å². The number of fused-ring (bicyclic) bond motifs is 2. The second kappa shape index (κ2) is 8.76. The van der Waals surface area contributed by atoms with Crippen LogP contribution < -0.4 is 5.32 Å². The van der Waals surface area contributed by atoms with E-state index in [-0.39, 0.29) is 11.3 Å². The lowest BCUT2D eigenvalue weighted by Gasteiger charge is -2.12. The van der Waals surface area contributed by atoms with Crippen LogP contribution in [0.15, 0.2) is 52.0 Å². The Bertz CT molecular complexity index is 1290. The number of esters is 1. The number of hydrogen-bond donors (Lipinski definition) is 1. The number of ether oxygens (including phenoxy) is 1. The number of rotatable bonds is 7. The Morgan fingerprint density at radius 1 is 1.12 bits per heavy atom. The molecule has 0 atom stereocenters. The van der Waals surface area contributed by atoms with Crippen LogP contribution >= 0.6 is 0 Å². The maximum absolute atomic E-state index is 12.3. The second-order valence-corrected chi connectivity index (χ2v) is 10.1. The second-order valence-electron chi connectivity index (χ2n) is 7.93. The smallest absolute Gasteiger partial charge is 0.310 e. The summed E-state index contributed by atoms with van der Waals surface area (Å²) in [7, 11) is -0.770. The number of hydrogen-bond acceptors (Lipinski definition) is 6. The molecule has 8 nitrogen and oxygen atoms in total. The summed E-state index contributed by atoms with van der Waals surface area (Å²) in [4.78, 5) is 24.5. The molecular formula is C23H24N2O6S. The molecule has 0 spiro atoms. The molecule has 0 bridgehead atoms. The van der Waals surface area contributed by atoms with E-state index in [4.69, 9.17) is 9.15 Å². The first-order valence-electron chi connectivity index (χ1n) is 10.2. The quantitative estimate of drug-likeness (QED) is 0.548. The van der Waals surface area contributed by atoms with Gasteiger partial charge in [0.25, 0.3) is 5.91 Å². The van der Waals surface area contributed by atoms with E-state index in [0.717, 1.165) is 40.1 Å². The van der Waals surface area contributed by atoms with Crippen molar-refractivity contribution in [3.8, 4) is 0 Å². The van der Waals surface area contributed by atoms with Gasteiger partial charge in [0.1, 0.15) is 5.58 Å². The summed E-state index contributed by atoms with van der Waals surface area (Å²) in [5.74, 6) is -1.11. The van der Waals surface area contributed by atoms with Crippen molar-refractivity contribution in [2.75, 3.05) is 26.0 Å².